The van der Waals surface area contributed by atoms with Crippen molar-refractivity contribution in [1.82, 2.24) is 4.98 Å². The fourth-order valence-electron chi connectivity index (χ4n) is 2.72. The van der Waals surface area contributed by atoms with Gasteiger partial charge in [-0.25, -0.2) is 0 Å². The molecule has 4 rings (SSSR count). The molecule has 0 radical (unpaired) electrons. The lowest BCUT2D eigenvalue weighted by atomic mass is 10.2. The largest absolute Gasteiger partial charge is 0.491 e. The van der Waals surface area contributed by atoms with Crippen LogP contribution in [0.4, 0.5) is 5.69 Å². The Kier molecular flexibility index (Phi) is 4.69. The third-order valence-corrected chi connectivity index (χ3v) is 4.25. The quantitative estimate of drug-likeness (QED) is 0.690. The van der Waals surface area contributed by atoms with E-state index in [-0.39, 0.29) is 13.4 Å². The van der Waals surface area contributed by atoms with Gasteiger partial charge in [0.05, 0.1) is 5.52 Å². The topological polar surface area (TPSA) is 72.8 Å². The predicted octanol–water partition coefficient (Wildman–Crippen LogP) is 3.47. The van der Waals surface area contributed by atoms with E-state index in [0.717, 1.165) is 16.6 Å². The molecule has 26 heavy (non-hydrogen) atoms. The first-order valence-corrected chi connectivity index (χ1v) is 8.55. The van der Waals surface area contributed by atoms with E-state index in [4.69, 9.17) is 25.8 Å². The van der Waals surface area contributed by atoms with Crippen LogP contribution in [-0.2, 0) is 0 Å². The number of pyridine rings is 1. The second kappa shape index (κ2) is 7.27. The number of hydrogen-bond acceptors (Lipinski definition) is 6. The van der Waals surface area contributed by atoms with Gasteiger partial charge in [0.1, 0.15) is 18.5 Å². The number of halogens is 1. The summed E-state index contributed by atoms with van der Waals surface area (Å²) in [6, 6.07) is 12.7. The molecule has 2 N–H and O–H groups in total. The highest BCUT2D eigenvalue weighted by Gasteiger charge is 2.14. The maximum Gasteiger partial charge on any atom is 0.231 e. The molecular formula is C19H17ClN2O4. The van der Waals surface area contributed by atoms with Crippen LogP contribution in [-0.4, -0.2) is 36.1 Å². The van der Waals surface area contributed by atoms with Gasteiger partial charge in [-0.3, -0.25) is 4.98 Å². The van der Waals surface area contributed by atoms with Crippen molar-refractivity contribution in [3.05, 3.63) is 53.7 Å². The monoisotopic (exact) mass is 372 g/mol. The highest BCUT2D eigenvalue weighted by Crippen LogP contribution is 2.35. The number of rotatable bonds is 6. The summed E-state index contributed by atoms with van der Waals surface area (Å²) in [5, 5.41) is 15.0. The minimum absolute atomic E-state index is 0.154. The van der Waals surface area contributed by atoms with Gasteiger partial charge in [-0.2, -0.15) is 0 Å². The SMILES string of the molecule is OC(CNc1ccnc2cc(Cl)ccc12)COc1ccc2c(c1)OCO2. The van der Waals surface area contributed by atoms with Crippen LogP contribution < -0.4 is 19.5 Å². The van der Waals surface area contributed by atoms with Gasteiger partial charge in [0.15, 0.2) is 11.5 Å². The highest BCUT2D eigenvalue weighted by molar-refractivity contribution is 6.31. The zero-order valence-electron chi connectivity index (χ0n) is 13.8. The zero-order chi connectivity index (χ0) is 17.9. The molecule has 0 spiro atoms. The Morgan fingerprint density at radius 3 is 2.96 bits per heavy atom. The molecule has 0 aliphatic carbocycles. The lowest BCUT2D eigenvalue weighted by Crippen LogP contribution is -2.26. The number of fused-ring (bicyclic) bond motifs is 2. The number of anilines is 1. The van der Waals surface area contributed by atoms with Crippen molar-refractivity contribution in [2.75, 3.05) is 25.3 Å². The summed E-state index contributed by atoms with van der Waals surface area (Å²) < 4.78 is 16.2. The summed E-state index contributed by atoms with van der Waals surface area (Å²) in [5.74, 6) is 1.97. The first kappa shape index (κ1) is 16.8. The first-order valence-electron chi connectivity index (χ1n) is 8.18. The second-order valence-electron chi connectivity index (χ2n) is 5.88. The third kappa shape index (κ3) is 3.61. The van der Waals surface area contributed by atoms with E-state index in [9.17, 15) is 5.11 Å². The van der Waals surface area contributed by atoms with Crippen molar-refractivity contribution < 1.29 is 19.3 Å². The Bertz CT molecular complexity index is 935. The second-order valence-corrected chi connectivity index (χ2v) is 6.32. The maximum atomic E-state index is 10.2. The van der Waals surface area contributed by atoms with Crippen LogP contribution in [0.3, 0.4) is 0 Å². The van der Waals surface area contributed by atoms with Gasteiger partial charge < -0.3 is 24.6 Å². The van der Waals surface area contributed by atoms with Crippen LogP contribution in [0.5, 0.6) is 17.2 Å². The Morgan fingerprint density at radius 2 is 2.04 bits per heavy atom. The van der Waals surface area contributed by atoms with Gasteiger partial charge in [0.25, 0.3) is 0 Å². The van der Waals surface area contributed by atoms with Crippen LogP contribution in [0.2, 0.25) is 5.02 Å². The van der Waals surface area contributed by atoms with Gasteiger partial charge in [-0.15, -0.1) is 0 Å². The van der Waals surface area contributed by atoms with Crippen LogP contribution >= 0.6 is 11.6 Å². The van der Waals surface area contributed by atoms with Crippen LogP contribution in [0, 0.1) is 0 Å². The summed E-state index contributed by atoms with van der Waals surface area (Å²) >= 11 is 6.00. The number of nitrogens with zero attached hydrogens (tertiary/aromatic N) is 1. The molecule has 134 valence electrons. The van der Waals surface area contributed by atoms with Crippen LogP contribution in [0.1, 0.15) is 0 Å². The molecular weight excluding hydrogens is 356 g/mol. The molecule has 0 fully saturated rings. The van der Waals surface area contributed by atoms with Crippen molar-refractivity contribution in [3.8, 4) is 17.2 Å². The average molecular weight is 373 g/mol. The van der Waals surface area contributed by atoms with Gasteiger partial charge in [-0.05, 0) is 36.4 Å². The molecule has 0 saturated heterocycles. The molecule has 3 aromatic rings. The minimum Gasteiger partial charge on any atom is -0.491 e. The van der Waals surface area contributed by atoms with E-state index in [1.165, 1.54) is 0 Å². The van der Waals surface area contributed by atoms with Crippen molar-refractivity contribution in [2.24, 2.45) is 0 Å². The Hall–Kier alpha value is -2.70. The lowest BCUT2D eigenvalue weighted by Gasteiger charge is -2.15. The van der Waals surface area contributed by atoms with Crippen LogP contribution in [0.25, 0.3) is 10.9 Å². The van der Waals surface area contributed by atoms with Gasteiger partial charge in [0, 0.05) is 34.9 Å². The highest BCUT2D eigenvalue weighted by atomic mass is 35.5. The summed E-state index contributed by atoms with van der Waals surface area (Å²) in [7, 11) is 0. The molecule has 1 aliphatic heterocycles. The van der Waals surface area contributed by atoms with Crippen molar-refractivity contribution in [3.63, 3.8) is 0 Å². The van der Waals surface area contributed by atoms with Crippen molar-refractivity contribution in [1.29, 1.82) is 0 Å². The van der Waals surface area contributed by atoms with E-state index in [2.05, 4.69) is 10.3 Å². The predicted molar refractivity (Wildman–Crippen MR) is 99.3 cm³/mol. The number of aliphatic hydroxyl groups excluding tert-OH is 1. The van der Waals surface area contributed by atoms with Gasteiger partial charge >= 0.3 is 0 Å². The molecule has 0 amide bonds. The number of hydrogen-bond donors (Lipinski definition) is 2. The molecule has 0 bridgehead atoms. The number of aromatic nitrogens is 1. The minimum atomic E-state index is -0.684. The molecule has 7 heteroatoms. The third-order valence-electron chi connectivity index (χ3n) is 4.02. The summed E-state index contributed by atoms with van der Waals surface area (Å²) in [6.07, 6.45) is 1.02. The normalized spacial score (nSPS) is 13.6. The summed E-state index contributed by atoms with van der Waals surface area (Å²) in [5.41, 5.74) is 1.68. The zero-order valence-corrected chi connectivity index (χ0v) is 14.6. The molecule has 1 aromatic heterocycles. The van der Waals surface area contributed by atoms with Crippen LogP contribution in [0.15, 0.2) is 48.7 Å². The molecule has 6 nitrogen and oxygen atoms in total. The molecule has 2 heterocycles. The molecule has 2 aromatic carbocycles. The number of benzene rings is 2. The van der Waals surface area contributed by atoms with Crippen molar-refractivity contribution >= 4 is 28.2 Å². The molecule has 1 atom stereocenters. The first-order chi connectivity index (χ1) is 12.7. The number of nitrogens with one attached hydrogen (secondary N) is 1. The Labute approximate surface area is 155 Å². The average Bonchev–Trinajstić information content (AvgIpc) is 3.12. The van der Waals surface area contributed by atoms with Crippen molar-refractivity contribution in [2.45, 2.75) is 6.10 Å². The molecule has 1 aliphatic rings. The summed E-state index contributed by atoms with van der Waals surface area (Å²) in [6.45, 7) is 0.713. The van der Waals surface area contributed by atoms with E-state index in [0.29, 0.717) is 28.8 Å². The van der Waals surface area contributed by atoms with Gasteiger partial charge in [0.2, 0.25) is 6.79 Å². The van der Waals surface area contributed by atoms with Gasteiger partial charge in [-0.1, -0.05) is 11.6 Å². The standard InChI is InChI=1S/C19H17ClN2O4/c20-12-1-3-15-16(5-6-21-17(15)7-12)22-9-13(23)10-24-14-2-4-18-19(8-14)26-11-25-18/h1-8,13,23H,9-11H2,(H,21,22). The molecule has 0 saturated carbocycles. The van der Waals surface area contributed by atoms with E-state index >= 15 is 0 Å². The maximum absolute atomic E-state index is 10.2. The Morgan fingerprint density at radius 1 is 1.15 bits per heavy atom. The Balaban J connectivity index is 1.35. The molecule has 1 unspecified atom stereocenters. The number of ether oxygens (including phenoxy) is 3. The lowest BCUT2D eigenvalue weighted by molar-refractivity contribution is 0.117. The summed E-state index contributed by atoms with van der Waals surface area (Å²) in [4.78, 5) is 4.30. The van der Waals surface area contributed by atoms with E-state index < -0.39 is 6.10 Å². The number of aliphatic hydroxyl groups is 1. The fraction of sp³-hybridized carbons (Fsp3) is 0.211. The van der Waals surface area contributed by atoms with E-state index in [1.54, 1.807) is 30.5 Å². The fourth-order valence-corrected chi connectivity index (χ4v) is 2.89. The smallest absolute Gasteiger partial charge is 0.231 e. The van der Waals surface area contributed by atoms with E-state index in [1.807, 2.05) is 18.2 Å².